The van der Waals surface area contributed by atoms with Crippen LogP contribution in [0.5, 0.6) is 0 Å². The van der Waals surface area contributed by atoms with Gasteiger partial charge in [0.05, 0.1) is 0 Å². The minimum absolute atomic E-state index is 0.0937. The van der Waals surface area contributed by atoms with Crippen LogP contribution in [0, 0.1) is 0 Å². The number of nitrogens with one attached hydrogen (secondary N) is 1. The normalized spacial score (nSPS) is 25.9. The molecular formula is C5H12NO2P. The van der Waals surface area contributed by atoms with Crippen molar-refractivity contribution in [3.63, 3.8) is 0 Å². The minimum Gasteiger partial charge on any atom is -0.346 e. The Hall–Kier alpha value is 0.150. The van der Waals surface area contributed by atoms with Crippen LogP contribution < -0.4 is 5.32 Å². The molecule has 1 heterocycles. The zero-order valence-corrected chi connectivity index (χ0v) is 6.26. The van der Waals surface area contributed by atoms with Crippen LogP contribution in [-0.4, -0.2) is 23.6 Å². The van der Waals surface area contributed by atoms with Crippen molar-refractivity contribution in [2.45, 2.75) is 18.5 Å². The van der Waals surface area contributed by atoms with E-state index in [9.17, 15) is 4.57 Å². The summed E-state index contributed by atoms with van der Waals surface area (Å²) in [6.45, 7) is 1.81. The summed E-state index contributed by atoms with van der Waals surface area (Å²) in [5, 5.41) is 3.14. The molecule has 1 aliphatic heterocycles. The zero-order chi connectivity index (χ0) is 6.69. The molecule has 4 heteroatoms. The highest BCUT2D eigenvalue weighted by atomic mass is 31.1. The van der Waals surface area contributed by atoms with E-state index in [1.54, 1.807) is 0 Å². The van der Waals surface area contributed by atoms with Crippen molar-refractivity contribution in [2.75, 3.05) is 13.1 Å². The maximum Gasteiger partial charge on any atom is 0.192 e. The molecule has 1 unspecified atom stereocenters. The predicted molar refractivity (Wildman–Crippen MR) is 37.1 cm³/mol. The molecule has 0 aliphatic carbocycles. The van der Waals surface area contributed by atoms with Gasteiger partial charge in [0.15, 0.2) is 8.03 Å². The second-order valence-corrected chi connectivity index (χ2v) is 3.86. The smallest absolute Gasteiger partial charge is 0.192 e. The number of piperidine rings is 1. The summed E-state index contributed by atoms with van der Waals surface area (Å²) >= 11 is 0. The van der Waals surface area contributed by atoms with Crippen LogP contribution in [-0.2, 0) is 4.57 Å². The fraction of sp³-hybridized carbons (Fsp3) is 1.00. The van der Waals surface area contributed by atoms with E-state index in [2.05, 4.69) is 5.32 Å². The van der Waals surface area contributed by atoms with E-state index in [4.69, 9.17) is 4.89 Å². The maximum absolute atomic E-state index is 10.5. The highest BCUT2D eigenvalue weighted by Gasteiger charge is 2.16. The summed E-state index contributed by atoms with van der Waals surface area (Å²) in [5.74, 6) is 0. The van der Waals surface area contributed by atoms with Crippen molar-refractivity contribution < 1.29 is 9.46 Å². The van der Waals surface area contributed by atoms with Crippen molar-refractivity contribution in [1.29, 1.82) is 0 Å². The molecule has 54 valence electrons. The zero-order valence-electron chi connectivity index (χ0n) is 5.26. The second-order valence-electron chi connectivity index (χ2n) is 2.36. The van der Waals surface area contributed by atoms with E-state index in [0.717, 1.165) is 25.9 Å². The van der Waals surface area contributed by atoms with Crippen LogP contribution in [0.25, 0.3) is 0 Å². The Morgan fingerprint density at radius 2 is 2.00 bits per heavy atom. The summed E-state index contributed by atoms with van der Waals surface area (Å²) in [6.07, 6.45) is 1.74. The van der Waals surface area contributed by atoms with Gasteiger partial charge in [0.25, 0.3) is 0 Å². The van der Waals surface area contributed by atoms with Gasteiger partial charge < -0.3 is 10.2 Å². The van der Waals surface area contributed by atoms with Crippen molar-refractivity contribution >= 4 is 8.03 Å². The molecule has 0 spiro atoms. The Morgan fingerprint density at radius 3 is 2.33 bits per heavy atom. The Kier molecular flexibility index (Phi) is 2.70. The summed E-state index contributed by atoms with van der Waals surface area (Å²) in [7, 11) is -2.23. The summed E-state index contributed by atoms with van der Waals surface area (Å²) in [4.78, 5) is 8.70. The van der Waals surface area contributed by atoms with Gasteiger partial charge in [0.1, 0.15) is 0 Å². The average molecular weight is 149 g/mol. The van der Waals surface area contributed by atoms with E-state index in [1.807, 2.05) is 0 Å². The first-order chi connectivity index (χ1) is 4.30. The molecule has 3 nitrogen and oxygen atoms in total. The van der Waals surface area contributed by atoms with Gasteiger partial charge in [0, 0.05) is 5.66 Å². The molecule has 1 rings (SSSR count). The lowest BCUT2D eigenvalue weighted by atomic mass is 10.2. The van der Waals surface area contributed by atoms with Crippen LogP contribution >= 0.6 is 8.03 Å². The molecule has 1 aliphatic rings. The van der Waals surface area contributed by atoms with E-state index in [-0.39, 0.29) is 5.66 Å². The molecule has 9 heavy (non-hydrogen) atoms. The molecule has 0 bridgehead atoms. The quantitative estimate of drug-likeness (QED) is 0.524. The van der Waals surface area contributed by atoms with Gasteiger partial charge in [-0.1, -0.05) is 0 Å². The fourth-order valence-corrected chi connectivity index (χ4v) is 1.85. The average Bonchev–Trinajstić information content (AvgIpc) is 1.90. The highest BCUT2D eigenvalue weighted by molar-refractivity contribution is 7.38. The molecule has 0 aromatic heterocycles. The van der Waals surface area contributed by atoms with Gasteiger partial charge in [-0.25, -0.2) is 0 Å². The Labute approximate surface area is 55.3 Å². The van der Waals surface area contributed by atoms with Crippen LogP contribution in [0.4, 0.5) is 0 Å². The molecule has 0 amide bonds. The summed E-state index contributed by atoms with van der Waals surface area (Å²) in [6, 6.07) is 0. The molecule has 1 fully saturated rings. The SMILES string of the molecule is O=[PH](O)C1CCNCC1. The Balaban J connectivity index is 2.31. The van der Waals surface area contributed by atoms with E-state index in [1.165, 1.54) is 0 Å². The monoisotopic (exact) mass is 149 g/mol. The van der Waals surface area contributed by atoms with Gasteiger partial charge in [0.2, 0.25) is 0 Å². The van der Waals surface area contributed by atoms with Crippen molar-refractivity contribution in [2.24, 2.45) is 0 Å². The van der Waals surface area contributed by atoms with Crippen molar-refractivity contribution in [3.8, 4) is 0 Å². The third-order valence-electron chi connectivity index (χ3n) is 1.69. The van der Waals surface area contributed by atoms with E-state index >= 15 is 0 Å². The Morgan fingerprint density at radius 1 is 1.44 bits per heavy atom. The van der Waals surface area contributed by atoms with Gasteiger partial charge in [-0.15, -0.1) is 0 Å². The summed E-state index contributed by atoms with van der Waals surface area (Å²) in [5.41, 5.74) is 0.0937. The first kappa shape index (κ1) is 7.26. The van der Waals surface area contributed by atoms with Crippen LogP contribution in [0.3, 0.4) is 0 Å². The van der Waals surface area contributed by atoms with Gasteiger partial charge in [-0.05, 0) is 25.9 Å². The van der Waals surface area contributed by atoms with Crippen molar-refractivity contribution in [3.05, 3.63) is 0 Å². The van der Waals surface area contributed by atoms with Crippen LogP contribution in [0.1, 0.15) is 12.8 Å². The molecule has 1 saturated heterocycles. The third-order valence-corrected chi connectivity index (χ3v) is 2.96. The lowest BCUT2D eigenvalue weighted by Crippen LogP contribution is -2.28. The number of hydrogen-bond donors (Lipinski definition) is 2. The molecule has 0 aromatic carbocycles. The van der Waals surface area contributed by atoms with Gasteiger partial charge in [-0.2, -0.15) is 0 Å². The lowest BCUT2D eigenvalue weighted by molar-refractivity contribution is 0.450. The Bertz CT molecular complexity index is 112. The largest absolute Gasteiger partial charge is 0.346 e. The van der Waals surface area contributed by atoms with E-state index < -0.39 is 8.03 Å². The van der Waals surface area contributed by atoms with Gasteiger partial charge in [-0.3, -0.25) is 4.57 Å². The molecule has 0 saturated carbocycles. The lowest BCUT2D eigenvalue weighted by Gasteiger charge is -2.19. The maximum atomic E-state index is 10.5. The predicted octanol–water partition coefficient (Wildman–Crippen LogP) is 0.205. The molecule has 2 N–H and O–H groups in total. The van der Waals surface area contributed by atoms with E-state index in [0.29, 0.717) is 0 Å². The standard InChI is InChI=1S/C5H12NO2P/c7-9(8)5-1-3-6-4-2-5/h5-6,9H,1-4H2,(H,7,8). The fourth-order valence-electron chi connectivity index (χ4n) is 1.07. The third kappa shape index (κ3) is 2.09. The van der Waals surface area contributed by atoms with Crippen LogP contribution in [0.15, 0.2) is 0 Å². The van der Waals surface area contributed by atoms with Gasteiger partial charge >= 0.3 is 0 Å². The minimum atomic E-state index is -2.23. The molecule has 0 radical (unpaired) electrons. The highest BCUT2D eigenvalue weighted by Crippen LogP contribution is 2.28. The first-order valence-electron chi connectivity index (χ1n) is 3.24. The molecule has 0 aromatic rings. The second kappa shape index (κ2) is 3.35. The van der Waals surface area contributed by atoms with Crippen molar-refractivity contribution in [1.82, 2.24) is 5.32 Å². The van der Waals surface area contributed by atoms with Crippen LogP contribution in [0.2, 0.25) is 0 Å². The molecular weight excluding hydrogens is 137 g/mol. The number of hydrogen-bond acceptors (Lipinski definition) is 2. The molecule has 1 atom stereocenters. The number of rotatable bonds is 1. The summed E-state index contributed by atoms with van der Waals surface area (Å²) < 4.78 is 10.5. The first-order valence-corrected chi connectivity index (χ1v) is 4.67. The topological polar surface area (TPSA) is 49.3 Å².